The second-order valence-corrected chi connectivity index (χ2v) is 6.79. The second kappa shape index (κ2) is 6.76. The van der Waals surface area contributed by atoms with Crippen LogP contribution < -0.4 is 5.32 Å². The Kier molecular flexibility index (Phi) is 5.27. The van der Waals surface area contributed by atoms with E-state index in [2.05, 4.69) is 5.32 Å². The fourth-order valence-corrected chi connectivity index (χ4v) is 2.75. The fraction of sp³-hybridized carbons (Fsp3) is 0.933. The Morgan fingerprint density at radius 1 is 1.10 bits per heavy atom. The number of amides is 1. The Bertz CT molecular complexity index is 314. The first-order valence-corrected chi connectivity index (χ1v) is 7.76. The molecule has 116 valence electrons. The quantitative estimate of drug-likeness (QED) is 0.844. The van der Waals surface area contributed by atoms with Crippen LogP contribution >= 0.6 is 0 Å². The van der Waals surface area contributed by atoms with Crippen LogP contribution in [0.5, 0.6) is 0 Å². The molecule has 5 nitrogen and oxygen atoms in total. The van der Waals surface area contributed by atoms with E-state index in [4.69, 9.17) is 9.47 Å². The zero-order valence-electron chi connectivity index (χ0n) is 13.0. The smallest absolute Gasteiger partial charge is 0.410 e. The highest BCUT2D eigenvalue weighted by molar-refractivity contribution is 5.68. The zero-order valence-corrected chi connectivity index (χ0v) is 13.0. The fourth-order valence-electron chi connectivity index (χ4n) is 2.75. The molecule has 0 saturated carbocycles. The lowest BCUT2D eigenvalue weighted by molar-refractivity contribution is 0.0186. The van der Waals surface area contributed by atoms with Crippen molar-refractivity contribution in [2.45, 2.75) is 64.1 Å². The number of nitrogens with one attached hydrogen (secondary N) is 1. The van der Waals surface area contributed by atoms with Crippen LogP contribution in [-0.2, 0) is 9.47 Å². The van der Waals surface area contributed by atoms with E-state index in [1.807, 2.05) is 25.7 Å². The van der Waals surface area contributed by atoms with Crippen LogP contribution in [0.3, 0.4) is 0 Å². The van der Waals surface area contributed by atoms with E-state index in [1.165, 1.54) is 0 Å². The molecule has 0 radical (unpaired) electrons. The molecule has 0 bridgehead atoms. The molecule has 2 aliphatic heterocycles. The largest absolute Gasteiger partial charge is 0.444 e. The van der Waals surface area contributed by atoms with Crippen molar-refractivity contribution in [3.63, 3.8) is 0 Å². The Morgan fingerprint density at radius 2 is 1.65 bits per heavy atom. The summed E-state index contributed by atoms with van der Waals surface area (Å²) in [7, 11) is 0. The summed E-state index contributed by atoms with van der Waals surface area (Å²) in [5, 5.41) is 3.71. The van der Waals surface area contributed by atoms with Crippen LogP contribution in [0.15, 0.2) is 0 Å². The minimum atomic E-state index is -0.408. The van der Waals surface area contributed by atoms with Gasteiger partial charge in [0.2, 0.25) is 0 Å². The monoisotopic (exact) mass is 284 g/mol. The van der Waals surface area contributed by atoms with Crippen LogP contribution in [0.4, 0.5) is 4.79 Å². The summed E-state index contributed by atoms with van der Waals surface area (Å²) in [6.07, 6.45) is 4.05. The normalized spacial score (nSPS) is 22.9. The number of piperidine rings is 1. The zero-order chi connectivity index (χ0) is 14.6. The molecule has 0 atom stereocenters. The van der Waals surface area contributed by atoms with E-state index < -0.39 is 5.60 Å². The summed E-state index contributed by atoms with van der Waals surface area (Å²) in [6, 6.07) is 1.11. The molecule has 1 N–H and O–H groups in total. The first kappa shape index (κ1) is 15.6. The summed E-state index contributed by atoms with van der Waals surface area (Å²) >= 11 is 0. The van der Waals surface area contributed by atoms with E-state index in [9.17, 15) is 4.79 Å². The van der Waals surface area contributed by atoms with E-state index in [-0.39, 0.29) is 6.09 Å². The molecule has 2 saturated heterocycles. The Balaban J connectivity index is 1.70. The molecule has 0 aromatic carbocycles. The lowest BCUT2D eigenvalue weighted by Gasteiger charge is -2.36. The third-order valence-corrected chi connectivity index (χ3v) is 3.84. The van der Waals surface area contributed by atoms with E-state index in [1.54, 1.807) is 0 Å². The number of carbonyl (C=O) groups excluding carboxylic acids is 1. The molecule has 0 aliphatic carbocycles. The molecule has 0 aromatic heterocycles. The average Bonchev–Trinajstić information content (AvgIpc) is 2.39. The van der Waals surface area contributed by atoms with Crippen molar-refractivity contribution in [2.24, 2.45) is 0 Å². The van der Waals surface area contributed by atoms with Gasteiger partial charge in [0.25, 0.3) is 0 Å². The average molecular weight is 284 g/mol. The van der Waals surface area contributed by atoms with Crippen molar-refractivity contribution in [1.82, 2.24) is 10.2 Å². The standard InChI is InChI=1S/C15H28N2O3/c1-15(2,3)20-14(18)17-8-4-12(5-9-17)16-13-6-10-19-11-7-13/h12-13,16H,4-11H2,1-3H3. The number of nitrogens with zero attached hydrogens (tertiary/aromatic N) is 1. The van der Waals surface area contributed by atoms with Gasteiger partial charge in [-0.15, -0.1) is 0 Å². The summed E-state index contributed by atoms with van der Waals surface area (Å²) in [5.41, 5.74) is -0.408. The molecule has 5 heteroatoms. The van der Waals surface area contributed by atoms with Gasteiger partial charge in [-0.05, 0) is 46.5 Å². The molecule has 1 amide bonds. The highest BCUT2D eigenvalue weighted by Gasteiger charge is 2.28. The van der Waals surface area contributed by atoms with Crippen molar-refractivity contribution < 1.29 is 14.3 Å². The van der Waals surface area contributed by atoms with Gasteiger partial charge in [0, 0.05) is 38.4 Å². The van der Waals surface area contributed by atoms with Gasteiger partial charge in [-0.2, -0.15) is 0 Å². The third-order valence-electron chi connectivity index (χ3n) is 3.84. The molecule has 0 unspecified atom stereocenters. The molecule has 0 spiro atoms. The predicted molar refractivity (Wildman–Crippen MR) is 77.8 cm³/mol. The van der Waals surface area contributed by atoms with E-state index in [0.717, 1.165) is 52.0 Å². The predicted octanol–water partition coefficient (Wildman–Crippen LogP) is 2.15. The highest BCUT2D eigenvalue weighted by Crippen LogP contribution is 2.17. The maximum absolute atomic E-state index is 12.0. The Morgan fingerprint density at radius 3 is 2.20 bits per heavy atom. The van der Waals surface area contributed by atoms with Crippen molar-refractivity contribution in [2.75, 3.05) is 26.3 Å². The summed E-state index contributed by atoms with van der Waals surface area (Å²) in [4.78, 5) is 13.8. The van der Waals surface area contributed by atoms with Crippen molar-refractivity contribution in [3.8, 4) is 0 Å². The van der Waals surface area contributed by atoms with E-state index in [0.29, 0.717) is 12.1 Å². The topological polar surface area (TPSA) is 50.8 Å². The van der Waals surface area contributed by atoms with Crippen LogP contribution in [-0.4, -0.2) is 55.0 Å². The number of rotatable bonds is 2. The molecule has 20 heavy (non-hydrogen) atoms. The molecule has 2 rings (SSSR count). The Labute approximate surface area is 122 Å². The summed E-state index contributed by atoms with van der Waals surface area (Å²) < 4.78 is 10.8. The van der Waals surface area contributed by atoms with Crippen LogP contribution in [0.25, 0.3) is 0 Å². The van der Waals surface area contributed by atoms with Gasteiger partial charge in [0.05, 0.1) is 0 Å². The lowest BCUT2D eigenvalue weighted by atomic mass is 10.0. The first-order chi connectivity index (χ1) is 9.44. The van der Waals surface area contributed by atoms with Gasteiger partial charge < -0.3 is 19.7 Å². The highest BCUT2D eigenvalue weighted by atomic mass is 16.6. The lowest BCUT2D eigenvalue weighted by Crippen LogP contribution is -2.49. The molecule has 2 fully saturated rings. The van der Waals surface area contributed by atoms with Crippen LogP contribution in [0, 0.1) is 0 Å². The number of likely N-dealkylation sites (tertiary alicyclic amines) is 1. The van der Waals surface area contributed by atoms with Gasteiger partial charge in [-0.25, -0.2) is 4.79 Å². The number of ether oxygens (including phenoxy) is 2. The molecule has 2 heterocycles. The molecular formula is C15H28N2O3. The van der Waals surface area contributed by atoms with Gasteiger partial charge in [-0.1, -0.05) is 0 Å². The number of hydrogen-bond donors (Lipinski definition) is 1. The van der Waals surface area contributed by atoms with Crippen LogP contribution in [0.2, 0.25) is 0 Å². The summed E-state index contributed by atoms with van der Waals surface area (Å²) in [6.45, 7) is 9.04. The SMILES string of the molecule is CC(C)(C)OC(=O)N1CCC(NC2CCOCC2)CC1. The molecule has 0 aromatic rings. The van der Waals surface area contributed by atoms with Crippen molar-refractivity contribution >= 4 is 6.09 Å². The van der Waals surface area contributed by atoms with Gasteiger partial charge in [-0.3, -0.25) is 0 Å². The van der Waals surface area contributed by atoms with Gasteiger partial charge in [0.15, 0.2) is 0 Å². The van der Waals surface area contributed by atoms with E-state index >= 15 is 0 Å². The number of hydrogen-bond acceptors (Lipinski definition) is 4. The second-order valence-electron chi connectivity index (χ2n) is 6.79. The molecular weight excluding hydrogens is 256 g/mol. The van der Waals surface area contributed by atoms with Gasteiger partial charge >= 0.3 is 6.09 Å². The van der Waals surface area contributed by atoms with Crippen LogP contribution in [0.1, 0.15) is 46.5 Å². The van der Waals surface area contributed by atoms with Crippen molar-refractivity contribution in [1.29, 1.82) is 0 Å². The Hall–Kier alpha value is -0.810. The maximum atomic E-state index is 12.0. The maximum Gasteiger partial charge on any atom is 0.410 e. The number of carbonyl (C=O) groups is 1. The minimum absolute atomic E-state index is 0.179. The minimum Gasteiger partial charge on any atom is -0.444 e. The summed E-state index contributed by atoms with van der Waals surface area (Å²) in [5.74, 6) is 0. The first-order valence-electron chi connectivity index (χ1n) is 7.76. The van der Waals surface area contributed by atoms with Crippen molar-refractivity contribution in [3.05, 3.63) is 0 Å². The molecule has 2 aliphatic rings. The third kappa shape index (κ3) is 4.94. The van der Waals surface area contributed by atoms with Gasteiger partial charge in [0.1, 0.15) is 5.60 Å².